The normalized spacial score (nSPS) is 13.3. The lowest BCUT2D eigenvalue weighted by Gasteiger charge is -2.14. The topological polar surface area (TPSA) is 59.8 Å². The Labute approximate surface area is 150 Å². The van der Waals surface area contributed by atoms with Crippen LogP contribution in [0.5, 0.6) is 0 Å². The number of carbonyl (C=O) groups excluding carboxylic acids is 1. The molecule has 132 valence electrons. The number of hydrogen-bond donors (Lipinski definition) is 1. The highest BCUT2D eigenvalue weighted by Crippen LogP contribution is 2.27. The molecule has 0 unspecified atom stereocenters. The number of nitrogens with one attached hydrogen (secondary N) is 1. The Bertz CT molecular complexity index is 962. The van der Waals surface area contributed by atoms with Gasteiger partial charge in [0.15, 0.2) is 5.69 Å². The average Bonchev–Trinajstić information content (AvgIpc) is 3.02. The van der Waals surface area contributed by atoms with Crippen LogP contribution in [0.2, 0.25) is 0 Å². The SMILES string of the molecule is Cc1ccnc(NC(=O)c2nn(-c3ccc(F)cc3)c3c2CCCC3)c1. The van der Waals surface area contributed by atoms with Gasteiger partial charge in [0, 0.05) is 17.5 Å². The maximum Gasteiger partial charge on any atom is 0.277 e. The van der Waals surface area contributed by atoms with Gasteiger partial charge >= 0.3 is 0 Å². The zero-order valence-electron chi connectivity index (χ0n) is 14.5. The quantitative estimate of drug-likeness (QED) is 0.781. The lowest BCUT2D eigenvalue weighted by atomic mass is 9.95. The van der Waals surface area contributed by atoms with Crippen LogP contribution >= 0.6 is 0 Å². The Morgan fingerprint density at radius 1 is 1.15 bits per heavy atom. The summed E-state index contributed by atoms with van der Waals surface area (Å²) in [6.07, 6.45) is 5.43. The number of aryl methyl sites for hydroxylation is 1. The maximum atomic E-state index is 13.2. The number of benzene rings is 1. The molecule has 5 nitrogen and oxygen atoms in total. The van der Waals surface area contributed by atoms with Gasteiger partial charge in [-0.2, -0.15) is 5.10 Å². The number of amides is 1. The average molecular weight is 350 g/mol. The van der Waals surface area contributed by atoms with E-state index in [0.29, 0.717) is 11.5 Å². The fraction of sp³-hybridized carbons (Fsp3) is 0.250. The first-order valence-electron chi connectivity index (χ1n) is 8.72. The summed E-state index contributed by atoms with van der Waals surface area (Å²) in [5, 5.41) is 7.40. The number of anilines is 1. The van der Waals surface area contributed by atoms with Crippen LogP contribution in [0.1, 0.15) is 40.2 Å². The lowest BCUT2D eigenvalue weighted by Crippen LogP contribution is -2.16. The highest BCUT2D eigenvalue weighted by molar-refractivity contribution is 6.03. The van der Waals surface area contributed by atoms with Crippen LogP contribution in [0.15, 0.2) is 42.6 Å². The molecule has 1 amide bonds. The number of nitrogens with zero attached hydrogens (tertiary/aromatic N) is 3. The van der Waals surface area contributed by atoms with Crippen LogP contribution in [-0.2, 0) is 12.8 Å². The van der Waals surface area contributed by atoms with Gasteiger partial charge in [0.1, 0.15) is 11.6 Å². The summed E-state index contributed by atoms with van der Waals surface area (Å²) in [5.41, 5.74) is 4.22. The fourth-order valence-electron chi connectivity index (χ4n) is 3.36. The number of carbonyl (C=O) groups is 1. The number of halogens is 1. The van der Waals surface area contributed by atoms with Crippen LogP contribution in [0.3, 0.4) is 0 Å². The Morgan fingerprint density at radius 3 is 2.69 bits per heavy atom. The highest BCUT2D eigenvalue weighted by atomic mass is 19.1. The molecule has 0 saturated heterocycles. The molecule has 0 aliphatic heterocycles. The summed E-state index contributed by atoms with van der Waals surface area (Å²) < 4.78 is 15.0. The van der Waals surface area contributed by atoms with Gasteiger partial charge in [-0.05, 0) is 74.6 Å². The molecule has 0 bridgehead atoms. The first kappa shape index (κ1) is 16.4. The number of hydrogen-bond acceptors (Lipinski definition) is 3. The summed E-state index contributed by atoms with van der Waals surface area (Å²) in [6, 6.07) is 9.87. The lowest BCUT2D eigenvalue weighted by molar-refractivity contribution is 0.102. The molecule has 0 spiro atoms. The second kappa shape index (κ2) is 6.71. The molecule has 2 heterocycles. The van der Waals surface area contributed by atoms with Crippen molar-refractivity contribution < 1.29 is 9.18 Å². The minimum atomic E-state index is -0.293. The minimum absolute atomic E-state index is 0.262. The number of pyridine rings is 1. The predicted molar refractivity (Wildman–Crippen MR) is 97.1 cm³/mol. The van der Waals surface area contributed by atoms with Crippen molar-refractivity contribution in [2.45, 2.75) is 32.6 Å². The van der Waals surface area contributed by atoms with Crippen LogP contribution in [-0.4, -0.2) is 20.7 Å². The molecule has 3 aromatic rings. The molecule has 1 aromatic carbocycles. The van der Waals surface area contributed by atoms with Crippen molar-refractivity contribution in [3.63, 3.8) is 0 Å². The van der Waals surface area contributed by atoms with E-state index in [1.807, 2.05) is 19.1 Å². The van der Waals surface area contributed by atoms with Crippen molar-refractivity contribution in [2.75, 3.05) is 5.32 Å². The van der Waals surface area contributed by atoms with E-state index < -0.39 is 0 Å². The first-order valence-corrected chi connectivity index (χ1v) is 8.72. The second-order valence-corrected chi connectivity index (χ2v) is 6.54. The molecule has 0 atom stereocenters. The Morgan fingerprint density at radius 2 is 1.92 bits per heavy atom. The van der Waals surface area contributed by atoms with Crippen molar-refractivity contribution in [3.8, 4) is 5.69 Å². The van der Waals surface area contributed by atoms with Crippen molar-refractivity contribution in [3.05, 3.63) is 70.9 Å². The number of aromatic nitrogens is 3. The minimum Gasteiger partial charge on any atom is -0.305 e. The molecular formula is C20H19FN4O. The monoisotopic (exact) mass is 350 g/mol. The van der Waals surface area contributed by atoms with E-state index in [4.69, 9.17) is 0 Å². The van der Waals surface area contributed by atoms with Crippen LogP contribution in [0.25, 0.3) is 5.69 Å². The smallest absolute Gasteiger partial charge is 0.277 e. The molecule has 4 rings (SSSR count). The van der Waals surface area contributed by atoms with Crippen molar-refractivity contribution in [1.29, 1.82) is 0 Å². The van der Waals surface area contributed by atoms with E-state index in [1.54, 1.807) is 23.0 Å². The zero-order chi connectivity index (χ0) is 18.1. The van der Waals surface area contributed by atoms with Gasteiger partial charge in [0.2, 0.25) is 0 Å². The van der Waals surface area contributed by atoms with E-state index in [2.05, 4.69) is 15.4 Å². The van der Waals surface area contributed by atoms with E-state index in [0.717, 1.165) is 48.2 Å². The molecule has 0 saturated carbocycles. The largest absolute Gasteiger partial charge is 0.305 e. The van der Waals surface area contributed by atoms with Gasteiger partial charge in [0.25, 0.3) is 5.91 Å². The summed E-state index contributed by atoms with van der Waals surface area (Å²) in [7, 11) is 0. The van der Waals surface area contributed by atoms with E-state index in [9.17, 15) is 9.18 Å². The highest BCUT2D eigenvalue weighted by Gasteiger charge is 2.25. The zero-order valence-corrected chi connectivity index (χ0v) is 14.5. The van der Waals surface area contributed by atoms with Gasteiger partial charge in [-0.25, -0.2) is 14.1 Å². The summed E-state index contributed by atoms with van der Waals surface area (Å²) in [5.74, 6) is -0.0451. The van der Waals surface area contributed by atoms with Crippen molar-refractivity contribution >= 4 is 11.7 Å². The van der Waals surface area contributed by atoms with Gasteiger partial charge in [0.05, 0.1) is 5.69 Å². The second-order valence-electron chi connectivity index (χ2n) is 6.54. The summed E-state index contributed by atoms with van der Waals surface area (Å²) in [6.45, 7) is 1.95. The molecule has 26 heavy (non-hydrogen) atoms. The number of rotatable bonds is 3. The molecular weight excluding hydrogens is 331 g/mol. The summed E-state index contributed by atoms with van der Waals surface area (Å²) >= 11 is 0. The molecule has 0 radical (unpaired) electrons. The van der Waals surface area contributed by atoms with Gasteiger partial charge < -0.3 is 5.32 Å². The molecule has 1 aliphatic carbocycles. The van der Waals surface area contributed by atoms with Gasteiger partial charge in [-0.15, -0.1) is 0 Å². The molecule has 1 N–H and O–H groups in total. The Kier molecular flexibility index (Phi) is 4.24. The van der Waals surface area contributed by atoms with E-state index >= 15 is 0 Å². The van der Waals surface area contributed by atoms with Gasteiger partial charge in [-0.1, -0.05) is 0 Å². The Hall–Kier alpha value is -3.02. The standard InChI is InChI=1S/C20H19FN4O/c1-13-10-11-22-18(12-13)23-20(26)19-16-4-2-3-5-17(16)25(24-19)15-8-6-14(21)7-9-15/h6-12H,2-5H2,1H3,(H,22,23,26). The molecule has 2 aromatic heterocycles. The van der Waals surface area contributed by atoms with E-state index in [1.165, 1.54) is 12.1 Å². The molecule has 0 fully saturated rings. The predicted octanol–water partition coefficient (Wildman–Crippen LogP) is 3.85. The molecule has 6 heteroatoms. The Balaban J connectivity index is 1.72. The maximum absolute atomic E-state index is 13.2. The van der Waals surface area contributed by atoms with E-state index in [-0.39, 0.29) is 11.7 Å². The summed E-state index contributed by atoms with van der Waals surface area (Å²) in [4.78, 5) is 17.0. The van der Waals surface area contributed by atoms with Crippen LogP contribution in [0, 0.1) is 12.7 Å². The van der Waals surface area contributed by atoms with Crippen LogP contribution in [0.4, 0.5) is 10.2 Å². The fourth-order valence-corrected chi connectivity index (χ4v) is 3.36. The third kappa shape index (κ3) is 3.10. The third-order valence-electron chi connectivity index (χ3n) is 4.62. The molecule has 1 aliphatic rings. The van der Waals surface area contributed by atoms with Crippen LogP contribution < -0.4 is 5.32 Å². The third-order valence-corrected chi connectivity index (χ3v) is 4.62. The van der Waals surface area contributed by atoms with Gasteiger partial charge in [-0.3, -0.25) is 4.79 Å². The van der Waals surface area contributed by atoms with Crippen molar-refractivity contribution in [2.24, 2.45) is 0 Å². The van der Waals surface area contributed by atoms with Crippen molar-refractivity contribution in [1.82, 2.24) is 14.8 Å². The first-order chi connectivity index (χ1) is 12.6. The number of fused-ring (bicyclic) bond motifs is 1.